The number of fused-ring (bicyclic) bond motifs is 3. The van der Waals surface area contributed by atoms with Gasteiger partial charge in [0.2, 0.25) is 0 Å². The number of nitrogens with zero attached hydrogens (tertiary/aromatic N) is 4. The number of aromatic nitrogens is 4. The van der Waals surface area contributed by atoms with E-state index in [2.05, 4.69) is 15.5 Å². The molecule has 1 amide bonds. The van der Waals surface area contributed by atoms with Crippen LogP contribution in [0.5, 0.6) is 0 Å². The van der Waals surface area contributed by atoms with Crippen LogP contribution in [0.3, 0.4) is 0 Å². The average Bonchev–Trinajstić information content (AvgIpc) is 3.60. The first kappa shape index (κ1) is 27.0. The Bertz CT molecular complexity index is 1760. The summed E-state index contributed by atoms with van der Waals surface area (Å²) in [6.45, 7) is 1.89. The summed E-state index contributed by atoms with van der Waals surface area (Å²) >= 11 is 6.55. The molecule has 2 N–H and O–H groups in total. The number of hydrogen-bond acceptors (Lipinski definition) is 4. The van der Waals surface area contributed by atoms with Crippen molar-refractivity contribution >= 4 is 28.4 Å². The van der Waals surface area contributed by atoms with Crippen molar-refractivity contribution in [3.05, 3.63) is 112 Å². The molecule has 210 valence electrons. The lowest BCUT2D eigenvalue weighted by Crippen LogP contribution is -2.51. The highest BCUT2D eigenvalue weighted by molar-refractivity contribution is 6.34. The summed E-state index contributed by atoms with van der Waals surface area (Å²) in [5.74, 6) is -4.26. The van der Waals surface area contributed by atoms with Gasteiger partial charge in [-0.15, -0.1) is 10.2 Å². The normalized spacial score (nSPS) is 18.3. The molecule has 3 aromatic carbocycles. The number of carbonyl (C=O) groups excluding carboxylic acids is 1. The van der Waals surface area contributed by atoms with Gasteiger partial charge in [-0.2, -0.15) is 0 Å². The van der Waals surface area contributed by atoms with E-state index < -0.39 is 29.3 Å². The van der Waals surface area contributed by atoms with Crippen LogP contribution in [0.1, 0.15) is 39.2 Å². The Balaban J connectivity index is 1.45. The van der Waals surface area contributed by atoms with Crippen molar-refractivity contribution in [1.82, 2.24) is 24.6 Å². The maximum atomic E-state index is 15.3. The Labute approximate surface area is 238 Å². The van der Waals surface area contributed by atoms with Gasteiger partial charge in [-0.3, -0.25) is 9.36 Å². The third kappa shape index (κ3) is 4.57. The average molecular weight is 580 g/mol. The topological polar surface area (TPSA) is 85.0 Å². The van der Waals surface area contributed by atoms with Crippen LogP contribution in [0.25, 0.3) is 16.6 Å². The largest absolute Gasteiger partial charge is 0.354 e. The van der Waals surface area contributed by atoms with Gasteiger partial charge in [0.05, 0.1) is 28.2 Å². The third-order valence-electron chi connectivity index (χ3n) is 7.78. The predicted molar refractivity (Wildman–Crippen MR) is 148 cm³/mol. The second-order valence-corrected chi connectivity index (χ2v) is 10.7. The van der Waals surface area contributed by atoms with Gasteiger partial charge < -0.3 is 15.0 Å². The molecule has 1 aliphatic rings. The zero-order valence-electron chi connectivity index (χ0n) is 21.9. The Hall–Kier alpha value is -4.15. The van der Waals surface area contributed by atoms with Crippen molar-refractivity contribution in [2.75, 3.05) is 0 Å². The molecule has 7 nitrogen and oxygen atoms in total. The second kappa shape index (κ2) is 10.0. The summed E-state index contributed by atoms with van der Waals surface area (Å²) in [5.41, 5.74) is 1.79. The fourth-order valence-electron chi connectivity index (χ4n) is 5.78. The molecule has 3 heterocycles. The number of rotatable bonds is 6. The van der Waals surface area contributed by atoms with Gasteiger partial charge in [0.25, 0.3) is 11.8 Å². The fraction of sp³-hybridized carbons (Fsp3) is 0.233. The molecule has 0 saturated heterocycles. The molecular weight excluding hydrogens is 555 g/mol. The molecule has 0 aliphatic carbocycles. The van der Waals surface area contributed by atoms with Crippen LogP contribution in [0, 0.1) is 6.92 Å². The van der Waals surface area contributed by atoms with Crippen molar-refractivity contribution < 1.29 is 23.1 Å². The summed E-state index contributed by atoms with van der Waals surface area (Å²) < 4.78 is 46.2. The Morgan fingerprint density at radius 3 is 2.51 bits per heavy atom. The highest BCUT2D eigenvalue weighted by Gasteiger charge is 2.48. The lowest BCUT2D eigenvalue weighted by atomic mass is 9.81. The smallest absolute Gasteiger partial charge is 0.300 e. The number of nitrogens with one attached hydrogen (secondary N) is 1. The number of carbonyl (C=O) groups is 1. The van der Waals surface area contributed by atoms with E-state index in [1.54, 1.807) is 52.5 Å². The number of aryl methyl sites for hydroxylation is 1. The number of amides is 1. The van der Waals surface area contributed by atoms with Crippen molar-refractivity contribution in [2.45, 2.75) is 44.1 Å². The van der Waals surface area contributed by atoms with Crippen molar-refractivity contribution in [3.63, 3.8) is 0 Å². The Morgan fingerprint density at radius 2 is 1.83 bits per heavy atom. The molecule has 2 atom stereocenters. The van der Waals surface area contributed by atoms with E-state index >= 15 is 4.39 Å². The van der Waals surface area contributed by atoms with Crippen LogP contribution in [0.2, 0.25) is 5.02 Å². The van der Waals surface area contributed by atoms with Gasteiger partial charge in [-0.05, 0) is 55.7 Å². The van der Waals surface area contributed by atoms with Crippen LogP contribution >= 0.6 is 11.6 Å². The summed E-state index contributed by atoms with van der Waals surface area (Å²) in [4.78, 5) is 13.7. The lowest BCUT2D eigenvalue weighted by molar-refractivity contribution is -0.194. The van der Waals surface area contributed by atoms with Gasteiger partial charge >= 0.3 is 6.43 Å². The number of alkyl halides is 3. The fourth-order valence-corrected chi connectivity index (χ4v) is 6.04. The van der Waals surface area contributed by atoms with E-state index in [1.165, 1.54) is 12.7 Å². The van der Waals surface area contributed by atoms with E-state index in [1.807, 2.05) is 30.3 Å². The molecule has 11 heteroatoms. The van der Waals surface area contributed by atoms with Gasteiger partial charge in [0, 0.05) is 22.3 Å². The summed E-state index contributed by atoms with van der Waals surface area (Å²) in [6, 6.07) is 19.4. The molecule has 0 radical (unpaired) electrons. The van der Waals surface area contributed by atoms with Crippen LogP contribution in [0.4, 0.5) is 13.2 Å². The minimum Gasteiger partial charge on any atom is -0.354 e. The minimum atomic E-state index is -3.83. The van der Waals surface area contributed by atoms with Crippen molar-refractivity contribution in [3.8, 4) is 5.69 Å². The van der Waals surface area contributed by atoms with Crippen molar-refractivity contribution in [2.24, 2.45) is 0 Å². The monoisotopic (exact) mass is 579 g/mol. The SMILES string of the molecule is Cc1ccc2c(c1)c([C@](O)(F)C(F)F)c1n2CC(NC(=O)c2ccc(-n3cnnc3)cc2Cl)(c2ccccc2)CC1. The van der Waals surface area contributed by atoms with Crippen LogP contribution in [0.15, 0.2) is 79.4 Å². The van der Waals surface area contributed by atoms with Gasteiger partial charge in [-0.25, -0.2) is 13.2 Å². The second-order valence-electron chi connectivity index (χ2n) is 10.3. The van der Waals surface area contributed by atoms with Gasteiger partial charge in [0.1, 0.15) is 12.7 Å². The van der Waals surface area contributed by atoms with Crippen LogP contribution in [-0.2, 0) is 24.4 Å². The standard InChI is InChI=1S/C30H25ClF3N5O2/c1-18-7-10-24-22(13-18)26(30(34,41)28(32)33)25-11-12-29(15-39(24)25,19-5-3-2-4-6-19)37-27(40)21-9-8-20(14-23(21)31)38-16-35-36-17-38/h2-10,13-14,16-17,28,41H,11-12,15H2,1H3,(H,37,40)/t29?,30-/m1/s1. The van der Waals surface area contributed by atoms with E-state index in [0.717, 1.165) is 11.1 Å². The minimum absolute atomic E-state index is 0.118. The maximum absolute atomic E-state index is 15.3. The summed E-state index contributed by atoms with van der Waals surface area (Å²) in [5, 5.41) is 21.5. The first-order valence-electron chi connectivity index (χ1n) is 12.9. The molecule has 1 aliphatic heterocycles. The molecular formula is C30H25ClF3N5O2. The Kier molecular flexibility index (Phi) is 6.62. The third-order valence-corrected chi connectivity index (χ3v) is 8.09. The molecule has 0 bridgehead atoms. The molecule has 6 rings (SSSR count). The van der Waals surface area contributed by atoms with Crippen LogP contribution < -0.4 is 5.32 Å². The zero-order valence-corrected chi connectivity index (χ0v) is 22.6. The van der Waals surface area contributed by atoms with Gasteiger partial charge in [0.15, 0.2) is 0 Å². The van der Waals surface area contributed by atoms with E-state index in [0.29, 0.717) is 11.2 Å². The number of hydrogen-bond donors (Lipinski definition) is 2. The molecule has 1 unspecified atom stereocenters. The molecule has 5 aromatic rings. The molecule has 0 spiro atoms. The molecule has 0 fully saturated rings. The van der Waals surface area contributed by atoms with E-state index in [4.69, 9.17) is 11.6 Å². The molecule has 0 saturated carbocycles. The summed E-state index contributed by atoms with van der Waals surface area (Å²) in [6.07, 6.45) is -0.224. The van der Waals surface area contributed by atoms with Crippen LogP contribution in [-0.4, -0.2) is 36.8 Å². The molecule has 41 heavy (non-hydrogen) atoms. The predicted octanol–water partition coefficient (Wildman–Crippen LogP) is 5.84. The lowest BCUT2D eigenvalue weighted by Gasteiger charge is -2.40. The Morgan fingerprint density at radius 1 is 1.10 bits per heavy atom. The van der Waals surface area contributed by atoms with Gasteiger partial charge in [-0.1, -0.05) is 53.6 Å². The van der Waals surface area contributed by atoms with Crippen molar-refractivity contribution in [1.29, 1.82) is 0 Å². The highest BCUT2D eigenvalue weighted by Crippen LogP contribution is 2.45. The molecule has 2 aromatic heterocycles. The van der Waals surface area contributed by atoms with E-state index in [-0.39, 0.29) is 41.1 Å². The first-order valence-corrected chi connectivity index (χ1v) is 13.3. The highest BCUT2D eigenvalue weighted by atomic mass is 35.5. The zero-order chi connectivity index (χ0) is 28.9. The number of halogens is 4. The number of aliphatic hydroxyl groups is 1. The van der Waals surface area contributed by atoms with E-state index in [9.17, 15) is 18.7 Å². The maximum Gasteiger partial charge on any atom is 0.300 e. The number of benzene rings is 3. The first-order chi connectivity index (χ1) is 19.6. The summed E-state index contributed by atoms with van der Waals surface area (Å²) in [7, 11) is 0. The quantitative estimate of drug-likeness (QED) is 0.265.